The Hall–Kier alpha value is -4.46. The topological polar surface area (TPSA) is 155 Å². The molecule has 0 aliphatic carbocycles. The van der Waals surface area contributed by atoms with Gasteiger partial charge in [-0.1, -0.05) is 30.3 Å². The summed E-state index contributed by atoms with van der Waals surface area (Å²) in [5, 5.41) is 10.5. The van der Waals surface area contributed by atoms with Gasteiger partial charge < -0.3 is 31.5 Å². The third-order valence-electron chi connectivity index (χ3n) is 5.47. The van der Waals surface area contributed by atoms with Gasteiger partial charge in [0.25, 0.3) is 0 Å². The summed E-state index contributed by atoms with van der Waals surface area (Å²) in [4.78, 5) is 24.7. The van der Waals surface area contributed by atoms with E-state index in [-0.39, 0.29) is 34.9 Å². The average molecular weight is 460 g/mol. The summed E-state index contributed by atoms with van der Waals surface area (Å²) >= 11 is 0. The number of aryl methyl sites for hydroxylation is 1. The second-order valence-corrected chi connectivity index (χ2v) is 7.98. The van der Waals surface area contributed by atoms with Crippen LogP contribution in [-0.4, -0.2) is 16.8 Å². The van der Waals surface area contributed by atoms with Crippen molar-refractivity contribution in [1.29, 1.82) is 0 Å². The number of primary amides is 1. The van der Waals surface area contributed by atoms with E-state index in [0.29, 0.717) is 47.5 Å². The maximum Gasteiger partial charge on any atom is 0.217 e. The van der Waals surface area contributed by atoms with Crippen LogP contribution in [0.15, 0.2) is 65.1 Å². The second kappa shape index (κ2) is 9.58. The largest absolute Gasteiger partial charge is 0.504 e. The SMILES string of the molecule is NC(=O)CCCc1oc2cc(OCc3ccccc3)ccc2c1C(=O)c1cc(N)c(O)c(N)c1. The Morgan fingerprint density at radius 2 is 1.68 bits per heavy atom. The molecule has 1 aromatic heterocycles. The lowest BCUT2D eigenvalue weighted by Crippen LogP contribution is -2.11. The number of benzene rings is 3. The Labute approximate surface area is 195 Å². The quantitative estimate of drug-likeness (QED) is 0.168. The number of phenolic OH excluding ortho intramolecular Hbond substituents is 1. The molecule has 0 unspecified atom stereocenters. The van der Waals surface area contributed by atoms with Crippen molar-refractivity contribution in [2.24, 2.45) is 5.73 Å². The third-order valence-corrected chi connectivity index (χ3v) is 5.47. The predicted molar refractivity (Wildman–Crippen MR) is 129 cm³/mol. The van der Waals surface area contributed by atoms with Gasteiger partial charge in [0.2, 0.25) is 5.91 Å². The zero-order valence-electron chi connectivity index (χ0n) is 18.4. The molecule has 1 amide bonds. The zero-order valence-corrected chi connectivity index (χ0v) is 18.4. The molecule has 8 heteroatoms. The van der Waals surface area contributed by atoms with Crippen molar-refractivity contribution in [1.82, 2.24) is 0 Å². The Balaban J connectivity index is 1.70. The highest BCUT2D eigenvalue weighted by Crippen LogP contribution is 2.35. The van der Waals surface area contributed by atoms with E-state index in [4.69, 9.17) is 26.4 Å². The summed E-state index contributed by atoms with van der Waals surface area (Å²) in [5.41, 5.74) is 18.9. The smallest absolute Gasteiger partial charge is 0.217 e. The molecule has 0 saturated heterocycles. The van der Waals surface area contributed by atoms with Crippen molar-refractivity contribution in [3.8, 4) is 11.5 Å². The molecule has 34 heavy (non-hydrogen) atoms. The second-order valence-electron chi connectivity index (χ2n) is 7.98. The number of ketones is 1. The number of nitrogens with two attached hydrogens (primary N) is 3. The van der Waals surface area contributed by atoms with Crippen LogP contribution in [0.1, 0.15) is 40.1 Å². The van der Waals surface area contributed by atoms with E-state index in [0.717, 1.165) is 5.56 Å². The van der Waals surface area contributed by atoms with Gasteiger partial charge in [0, 0.05) is 29.9 Å². The molecule has 4 aromatic rings. The fraction of sp³-hybridized carbons (Fsp3) is 0.154. The Morgan fingerprint density at radius 1 is 0.971 bits per heavy atom. The number of rotatable bonds is 9. The molecule has 3 aromatic carbocycles. The van der Waals surface area contributed by atoms with Crippen LogP contribution in [0.25, 0.3) is 11.0 Å². The van der Waals surface area contributed by atoms with Gasteiger partial charge in [-0.05, 0) is 36.2 Å². The molecule has 0 atom stereocenters. The number of aromatic hydroxyl groups is 1. The first-order valence-electron chi connectivity index (χ1n) is 10.8. The van der Waals surface area contributed by atoms with Gasteiger partial charge >= 0.3 is 0 Å². The van der Waals surface area contributed by atoms with Gasteiger partial charge in [0.1, 0.15) is 23.7 Å². The number of amides is 1. The fourth-order valence-electron chi connectivity index (χ4n) is 3.76. The maximum atomic E-state index is 13.5. The Kier molecular flexibility index (Phi) is 6.40. The molecular formula is C26H25N3O5. The van der Waals surface area contributed by atoms with E-state index >= 15 is 0 Å². The molecule has 0 radical (unpaired) electrons. The molecule has 0 fully saturated rings. The van der Waals surface area contributed by atoms with E-state index in [2.05, 4.69) is 0 Å². The summed E-state index contributed by atoms with van der Waals surface area (Å²) in [7, 11) is 0. The number of hydrogen-bond donors (Lipinski definition) is 4. The number of ether oxygens (including phenoxy) is 1. The van der Waals surface area contributed by atoms with E-state index in [1.807, 2.05) is 30.3 Å². The molecule has 0 aliphatic rings. The van der Waals surface area contributed by atoms with Crippen molar-refractivity contribution in [3.05, 3.63) is 83.1 Å². The number of carbonyl (C=O) groups is 2. The number of nitrogen functional groups attached to an aromatic ring is 2. The number of anilines is 2. The van der Waals surface area contributed by atoms with E-state index in [1.54, 1.807) is 18.2 Å². The molecule has 8 nitrogen and oxygen atoms in total. The number of phenols is 1. The van der Waals surface area contributed by atoms with Crippen molar-refractivity contribution >= 4 is 34.0 Å². The first-order chi connectivity index (χ1) is 16.3. The third kappa shape index (κ3) is 4.80. The Bertz CT molecular complexity index is 1340. The van der Waals surface area contributed by atoms with E-state index < -0.39 is 5.91 Å². The monoisotopic (exact) mass is 459 g/mol. The van der Waals surface area contributed by atoms with Crippen molar-refractivity contribution in [2.45, 2.75) is 25.9 Å². The first kappa shape index (κ1) is 22.7. The minimum Gasteiger partial charge on any atom is -0.504 e. The van der Waals surface area contributed by atoms with Crippen LogP contribution < -0.4 is 21.9 Å². The van der Waals surface area contributed by atoms with Crippen molar-refractivity contribution in [2.75, 3.05) is 11.5 Å². The van der Waals surface area contributed by atoms with Crippen molar-refractivity contribution < 1.29 is 23.8 Å². The van der Waals surface area contributed by atoms with Crippen LogP contribution in [0.5, 0.6) is 11.5 Å². The molecule has 1 heterocycles. The summed E-state index contributed by atoms with van der Waals surface area (Å²) in [6, 6.07) is 17.7. The summed E-state index contributed by atoms with van der Waals surface area (Å²) in [5.74, 6) is -0.0445. The van der Waals surface area contributed by atoms with Crippen LogP contribution in [0.3, 0.4) is 0 Å². The number of carbonyl (C=O) groups excluding carboxylic acids is 2. The molecule has 4 rings (SSSR count). The van der Waals surface area contributed by atoms with Crippen LogP contribution in [0.2, 0.25) is 0 Å². The van der Waals surface area contributed by atoms with Crippen LogP contribution in [0.4, 0.5) is 11.4 Å². The summed E-state index contributed by atoms with van der Waals surface area (Å²) in [6.45, 7) is 0.385. The van der Waals surface area contributed by atoms with Gasteiger partial charge in [-0.25, -0.2) is 0 Å². The number of hydrogen-bond acceptors (Lipinski definition) is 7. The highest BCUT2D eigenvalue weighted by atomic mass is 16.5. The first-order valence-corrected chi connectivity index (χ1v) is 10.8. The lowest BCUT2D eigenvalue weighted by molar-refractivity contribution is -0.118. The summed E-state index contributed by atoms with van der Waals surface area (Å²) in [6.07, 6.45) is 0.920. The zero-order chi connectivity index (χ0) is 24.2. The number of furan rings is 1. The minimum absolute atomic E-state index is 0.00280. The van der Waals surface area contributed by atoms with E-state index in [1.165, 1.54) is 12.1 Å². The number of fused-ring (bicyclic) bond motifs is 1. The molecule has 0 bridgehead atoms. The molecular weight excluding hydrogens is 434 g/mol. The van der Waals surface area contributed by atoms with Crippen LogP contribution in [-0.2, 0) is 17.8 Å². The van der Waals surface area contributed by atoms with Crippen LogP contribution in [0, 0.1) is 0 Å². The predicted octanol–water partition coefficient (Wildman–Crippen LogP) is 3.92. The average Bonchev–Trinajstić information content (AvgIpc) is 3.18. The minimum atomic E-state index is -0.431. The Morgan fingerprint density at radius 3 is 2.35 bits per heavy atom. The van der Waals surface area contributed by atoms with Crippen molar-refractivity contribution in [3.63, 3.8) is 0 Å². The molecule has 0 aliphatic heterocycles. The highest BCUT2D eigenvalue weighted by Gasteiger charge is 2.24. The normalized spacial score (nSPS) is 10.9. The van der Waals surface area contributed by atoms with Gasteiger partial charge in [-0.3, -0.25) is 9.59 Å². The fourth-order valence-corrected chi connectivity index (χ4v) is 3.76. The lowest BCUT2D eigenvalue weighted by Gasteiger charge is -2.08. The maximum absolute atomic E-state index is 13.5. The summed E-state index contributed by atoms with van der Waals surface area (Å²) < 4.78 is 11.9. The molecule has 0 saturated carbocycles. The molecule has 0 spiro atoms. The van der Waals surface area contributed by atoms with Gasteiger partial charge in [0.15, 0.2) is 11.5 Å². The van der Waals surface area contributed by atoms with Gasteiger partial charge in [-0.2, -0.15) is 0 Å². The molecule has 7 N–H and O–H groups in total. The van der Waals surface area contributed by atoms with Gasteiger partial charge in [-0.15, -0.1) is 0 Å². The molecule has 174 valence electrons. The lowest BCUT2D eigenvalue weighted by atomic mass is 9.97. The standard InChI is InChI=1S/C26H25N3O5/c27-19-11-16(12-20(28)26(19)32)25(31)24-18-10-9-17(33-14-15-5-2-1-3-6-15)13-22(18)34-21(24)7-4-8-23(29)30/h1-3,5-6,9-13,32H,4,7-8,14,27-28H2,(H2,29,30). The van der Waals surface area contributed by atoms with Crippen LogP contribution >= 0.6 is 0 Å². The highest BCUT2D eigenvalue weighted by molar-refractivity contribution is 6.17. The van der Waals surface area contributed by atoms with E-state index in [9.17, 15) is 14.7 Å². The van der Waals surface area contributed by atoms with Gasteiger partial charge in [0.05, 0.1) is 16.9 Å².